The van der Waals surface area contributed by atoms with Gasteiger partial charge in [0.2, 0.25) is 0 Å². The van der Waals surface area contributed by atoms with Gasteiger partial charge in [-0.25, -0.2) is 0 Å². The minimum atomic E-state index is 0.234. The molecule has 0 amide bonds. The molecule has 0 aliphatic heterocycles. The van der Waals surface area contributed by atoms with Gasteiger partial charge in [-0.3, -0.25) is 0 Å². The molecule has 0 saturated heterocycles. The van der Waals surface area contributed by atoms with Gasteiger partial charge in [-0.1, -0.05) is 13.8 Å². The third-order valence-electron chi connectivity index (χ3n) is 4.60. The summed E-state index contributed by atoms with van der Waals surface area (Å²) in [6.45, 7) is 5.52. The lowest BCUT2D eigenvalue weighted by Crippen LogP contribution is -2.61. The fourth-order valence-electron chi connectivity index (χ4n) is 2.73. The molecule has 2 fully saturated rings. The summed E-state index contributed by atoms with van der Waals surface area (Å²) in [7, 11) is 1.79. The van der Waals surface area contributed by atoms with Gasteiger partial charge in [0, 0.05) is 31.5 Å². The van der Waals surface area contributed by atoms with Crippen LogP contribution in [0.3, 0.4) is 0 Å². The molecule has 2 rings (SSSR count). The van der Waals surface area contributed by atoms with E-state index in [1.807, 2.05) is 0 Å². The zero-order valence-electron chi connectivity index (χ0n) is 10.5. The van der Waals surface area contributed by atoms with Gasteiger partial charge in [-0.15, -0.1) is 0 Å². The average molecular weight is 222 g/mol. The third kappa shape index (κ3) is 1.97. The second-order valence-corrected chi connectivity index (χ2v) is 6.05. The largest absolute Gasteiger partial charge is 0.381 e. The van der Waals surface area contributed by atoms with Gasteiger partial charge < -0.3 is 10.1 Å². The van der Waals surface area contributed by atoms with Gasteiger partial charge in [0.05, 0.1) is 12.2 Å². The van der Waals surface area contributed by atoms with Crippen LogP contribution in [-0.2, 0) is 4.74 Å². The number of ether oxygens (including phenoxy) is 1. The summed E-state index contributed by atoms with van der Waals surface area (Å²) in [6, 6.07) is 2.86. The van der Waals surface area contributed by atoms with E-state index in [9.17, 15) is 0 Å². The predicted molar refractivity (Wildman–Crippen MR) is 62.9 cm³/mol. The molecule has 1 N–H and O–H groups in total. The molecule has 0 aromatic rings. The minimum absolute atomic E-state index is 0.234. The number of rotatable bonds is 5. The van der Waals surface area contributed by atoms with Crippen molar-refractivity contribution in [1.82, 2.24) is 5.32 Å². The Morgan fingerprint density at radius 1 is 1.44 bits per heavy atom. The van der Waals surface area contributed by atoms with Crippen LogP contribution in [0.5, 0.6) is 0 Å². The number of hydrogen-bond acceptors (Lipinski definition) is 3. The van der Waals surface area contributed by atoms with Crippen molar-refractivity contribution < 1.29 is 4.74 Å². The minimum Gasteiger partial charge on any atom is -0.381 e. The first kappa shape index (κ1) is 11.9. The topological polar surface area (TPSA) is 45.0 Å². The standard InChI is InChI=1S/C13H22N2O/c1-12(2)10(8-11(12)16-3)15-9-13(4-5-13)6-7-14/h10-11,15H,4-6,8-9H2,1-3H3. The molecule has 90 valence electrons. The third-order valence-corrected chi connectivity index (χ3v) is 4.60. The Labute approximate surface area is 98.2 Å². The Kier molecular flexibility index (Phi) is 2.98. The average Bonchev–Trinajstić information content (AvgIpc) is 2.98. The second-order valence-electron chi connectivity index (χ2n) is 6.05. The molecule has 2 unspecified atom stereocenters. The van der Waals surface area contributed by atoms with E-state index in [1.165, 1.54) is 12.8 Å². The summed E-state index contributed by atoms with van der Waals surface area (Å²) in [5, 5.41) is 12.4. The van der Waals surface area contributed by atoms with Crippen molar-refractivity contribution in [2.45, 2.75) is 51.7 Å². The van der Waals surface area contributed by atoms with Crippen LogP contribution < -0.4 is 5.32 Å². The van der Waals surface area contributed by atoms with E-state index in [2.05, 4.69) is 25.2 Å². The predicted octanol–water partition coefficient (Wildman–Crippen LogP) is 2.08. The zero-order chi connectivity index (χ0) is 11.8. The molecular formula is C13H22N2O. The molecule has 2 atom stereocenters. The SMILES string of the molecule is COC1CC(NCC2(CC#N)CC2)C1(C)C. The summed E-state index contributed by atoms with van der Waals surface area (Å²) in [6.07, 6.45) is 4.63. The van der Waals surface area contributed by atoms with Crippen molar-refractivity contribution in [2.24, 2.45) is 10.8 Å². The van der Waals surface area contributed by atoms with Crippen LogP contribution in [-0.4, -0.2) is 25.8 Å². The Morgan fingerprint density at radius 3 is 2.56 bits per heavy atom. The first-order valence-electron chi connectivity index (χ1n) is 6.17. The van der Waals surface area contributed by atoms with E-state index in [4.69, 9.17) is 10.00 Å². The molecule has 0 aromatic carbocycles. The van der Waals surface area contributed by atoms with Crippen molar-refractivity contribution in [3.05, 3.63) is 0 Å². The Hall–Kier alpha value is -0.590. The highest BCUT2D eigenvalue weighted by molar-refractivity contribution is 5.06. The molecular weight excluding hydrogens is 200 g/mol. The van der Waals surface area contributed by atoms with Gasteiger partial charge in [0.15, 0.2) is 0 Å². The highest BCUT2D eigenvalue weighted by atomic mass is 16.5. The number of nitrogens with one attached hydrogen (secondary N) is 1. The lowest BCUT2D eigenvalue weighted by atomic mass is 9.64. The van der Waals surface area contributed by atoms with Crippen LogP contribution in [0.1, 0.15) is 39.5 Å². The summed E-state index contributed by atoms with van der Waals surface area (Å²) in [4.78, 5) is 0. The summed E-state index contributed by atoms with van der Waals surface area (Å²) >= 11 is 0. The maximum absolute atomic E-state index is 8.76. The van der Waals surface area contributed by atoms with E-state index in [-0.39, 0.29) is 5.41 Å². The highest BCUT2D eigenvalue weighted by Crippen LogP contribution is 2.49. The van der Waals surface area contributed by atoms with Gasteiger partial charge >= 0.3 is 0 Å². The zero-order valence-corrected chi connectivity index (χ0v) is 10.5. The molecule has 16 heavy (non-hydrogen) atoms. The lowest BCUT2D eigenvalue weighted by Gasteiger charge is -2.51. The van der Waals surface area contributed by atoms with Gasteiger partial charge in [0.25, 0.3) is 0 Å². The Balaban J connectivity index is 1.78. The maximum atomic E-state index is 8.76. The quantitative estimate of drug-likeness (QED) is 0.774. The van der Waals surface area contributed by atoms with E-state index >= 15 is 0 Å². The summed E-state index contributed by atoms with van der Waals surface area (Å²) in [5.74, 6) is 0. The van der Waals surface area contributed by atoms with Gasteiger partial charge in [-0.05, 0) is 24.7 Å². The van der Waals surface area contributed by atoms with E-state index in [0.717, 1.165) is 13.0 Å². The first-order valence-corrected chi connectivity index (χ1v) is 6.17. The van der Waals surface area contributed by atoms with E-state index < -0.39 is 0 Å². The number of nitriles is 1. The van der Waals surface area contributed by atoms with Crippen LogP contribution in [0.2, 0.25) is 0 Å². The highest BCUT2D eigenvalue weighted by Gasteiger charge is 2.50. The normalized spacial score (nSPS) is 33.9. The van der Waals surface area contributed by atoms with E-state index in [1.54, 1.807) is 7.11 Å². The van der Waals surface area contributed by atoms with E-state index in [0.29, 0.717) is 24.0 Å². The molecule has 2 aliphatic rings. The molecule has 0 aromatic heterocycles. The van der Waals surface area contributed by atoms with Gasteiger partial charge in [-0.2, -0.15) is 5.26 Å². The number of hydrogen-bond donors (Lipinski definition) is 1. The lowest BCUT2D eigenvalue weighted by molar-refractivity contribution is -0.0983. The van der Waals surface area contributed by atoms with Crippen LogP contribution in [0, 0.1) is 22.2 Å². The number of methoxy groups -OCH3 is 1. The van der Waals surface area contributed by atoms with Crippen molar-refractivity contribution in [3.8, 4) is 6.07 Å². The smallest absolute Gasteiger partial charge is 0.0652 e. The molecule has 3 heteroatoms. The Morgan fingerprint density at radius 2 is 2.12 bits per heavy atom. The monoisotopic (exact) mass is 222 g/mol. The number of nitrogens with zero attached hydrogens (tertiary/aromatic N) is 1. The second kappa shape index (κ2) is 4.01. The summed E-state index contributed by atoms with van der Waals surface area (Å²) in [5.41, 5.74) is 0.542. The fraction of sp³-hybridized carbons (Fsp3) is 0.923. The van der Waals surface area contributed by atoms with Crippen molar-refractivity contribution in [3.63, 3.8) is 0 Å². The maximum Gasteiger partial charge on any atom is 0.0652 e. The van der Waals surface area contributed by atoms with Crippen LogP contribution in [0.15, 0.2) is 0 Å². The molecule has 3 nitrogen and oxygen atoms in total. The Bertz CT molecular complexity index is 302. The summed E-state index contributed by atoms with van der Waals surface area (Å²) < 4.78 is 5.43. The molecule has 2 saturated carbocycles. The van der Waals surface area contributed by atoms with Crippen LogP contribution in [0.25, 0.3) is 0 Å². The van der Waals surface area contributed by atoms with Crippen molar-refractivity contribution in [2.75, 3.05) is 13.7 Å². The molecule has 0 bridgehead atoms. The fourth-order valence-corrected chi connectivity index (χ4v) is 2.73. The van der Waals surface area contributed by atoms with Crippen molar-refractivity contribution >= 4 is 0 Å². The van der Waals surface area contributed by atoms with Gasteiger partial charge in [0.1, 0.15) is 0 Å². The van der Waals surface area contributed by atoms with Crippen molar-refractivity contribution in [1.29, 1.82) is 5.26 Å². The molecule has 0 radical (unpaired) electrons. The molecule has 0 spiro atoms. The van der Waals surface area contributed by atoms with Crippen LogP contribution in [0.4, 0.5) is 0 Å². The molecule has 2 aliphatic carbocycles. The van der Waals surface area contributed by atoms with Crippen LogP contribution >= 0.6 is 0 Å². The molecule has 0 heterocycles. The first-order chi connectivity index (χ1) is 7.54.